The third-order valence-electron chi connectivity index (χ3n) is 6.51. The predicted octanol–water partition coefficient (Wildman–Crippen LogP) is 3.72. The molecule has 3 aromatic heterocycles. The molecule has 4 heterocycles. The zero-order valence-corrected chi connectivity index (χ0v) is 22.5. The van der Waals surface area contributed by atoms with E-state index in [9.17, 15) is 9.59 Å². The van der Waals surface area contributed by atoms with Crippen LogP contribution >= 0.6 is 11.3 Å². The number of para-hydroxylation sites is 1. The van der Waals surface area contributed by atoms with Crippen LogP contribution in [0.15, 0.2) is 65.5 Å². The molecule has 1 amide bonds. The molecule has 0 aliphatic carbocycles. The summed E-state index contributed by atoms with van der Waals surface area (Å²) in [5.74, 6) is 6.39. The second-order valence-corrected chi connectivity index (χ2v) is 10.4. The highest BCUT2D eigenvalue weighted by Gasteiger charge is 2.26. The molecular weight excluding hydrogens is 524 g/mol. The van der Waals surface area contributed by atoms with Gasteiger partial charge in [-0.15, -0.1) is 15.3 Å². The third kappa shape index (κ3) is 4.50. The standard InChI is InChI=1S/C29H24N8O2S/c1-17(32-28(38)25-26(30)35-36-15-7-14-31-27(25)36)22-16-20-9-6-8-19(12-13-23-34-33-18(2)40-23)24(20)29(39)37(22)21-10-4-3-5-11-21/h3-11,15-17,31H,14H2,1-2H3,(H2,30,35)(H,32,38). The molecule has 10 nitrogen and oxygen atoms in total. The van der Waals surface area contributed by atoms with Crippen LogP contribution in [0.1, 0.15) is 44.6 Å². The van der Waals surface area contributed by atoms with E-state index < -0.39 is 11.9 Å². The Morgan fingerprint density at radius 3 is 2.75 bits per heavy atom. The van der Waals surface area contributed by atoms with Crippen molar-refractivity contribution in [2.24, 2.45) is 0 Å². The van der Waals surface area contributed by atoms with Gasteiger partial charge in [0.1, 0.15) is 16.4 Å². The number of anilines is 2. The fourth-order valence-electron chi connectivity index (χ4n) is 4.72. The van der Waals surface area contributed by atoms with Crippen molar-refractivity contribution in [3.8, 4) is 17.5 Å². The summed E-state index contributed by atoms with van der Waals surface area (Å²) in [5, 5.41) is 21.1. The molecule has 0 fully saturated rings. The van der Waals surface area contributed by atoms with Crippen molar-refractivity contribution in [2.75, 3.05) is 17.6 Å². The van der Waals surface area contributed by atoms with Crippen molar-refractivity contribution in [3.63, 3.8) is 0 Å². The van der Waals surface area contributed by atoms with Gasteiger partial charge in [0.15, 0.2) is 10.8 Å². The second kappa shape index (κ2) is 10.2. The van der Waals surface area contributed by atoms with E-state index in [0.717, 1.165) is 5.01 Å². The molecule has 0 spiro atoms. The van der Waals surface area contributed by atoms with Crippen molar-refractivity contribution in [2.45, 2.75) is 19.9 Å². The number of fused-ring (bicyclic) bond motifs is 2. The number of nitrogens with one attached hydrogen (secondary N) is 2. The summed E-state index contributed by atoms with van der Waals surface area (Å²) in [6.45, 7) is 4.26. The lowest BCUT2D eigenvalue weighted by atomic mass is 10.0. The highest BCUT2D eigenvalue weighted by atomic mass is 32.1. The Morgan fingerprint density at radius 1 is 1.15 bits per heavy atom. The van der Waals surface area contributed by atoms with E-state index in [0.29, 0.717) is 45.1 Å². The Labute approximate surface area is 233 Å². The maximum absolute atomic E-state index is 14.2. The molecule has 40 heavy (non-hydrogen) atoms. The van der Waals surface area contributed by atoms with Crippen molar-refractivity contribution in [1.29, 1.82) is 0 Å². The van der Waals surface area contributed by atoms with Crippen molar-refractivity contribution < 1.29 is 4.79 Å². The number of carbonyl (C=O) groups excluding carboxylic acids is 1. The molecule has 1 aliphatic rings. The van der Waals surface area contributed by atoms with E-state index in [1.807, 2.05) is 74.5 Å². The lowest BCUT2D eigenvalue weighted by Gasteiger charge is -2.21. The fourth-order valence-corrected chi connectivity index (χ4v) is 5.27. The third-order valence-corrected chi connectivity index (χ3v) is 7.26. The molecule has 11 heteroatoms. The molecule has 0 radical (unpaired) electrons. The van der Waals surface area contributed by atoms with Crippen molar-refractivity contribution in [1.82, 2.24) is 29.9 Å². The van der Waals surface area contributed by atoms with E-state index >= 15 is 0 Å². The maximum atomic E-state index is 14.2. The Kier molecular flexibility index (Phi) is 6.37. The lowest BCUT2D eigenvalue weighted by Crippen LogP contribution is -2.33. The largest absolute Gasteiger partial charge is 0.381 e. The number of rotatable bonds is 4. The first-order chi connectivity index (χ1) is 19.4. The smallest absolute Gasteiger partial charge is 0.264 e. The number of pyridine rings is 1. The van der Waals surface area contributed by atoms with Gasteiger partial charge in [-0.25, -0.2) is 4.68 Å². The maximum Gasteiger partial charge on any atom is 0.264 e. The molecule has 1 unspecified atom stereocenters. The van der Waals surface area contributed by atoms with Crippen LogP contribution in [-0.4, -0.2) is 37.0 Å². The van der Waals surface area contributed by atoms with Crippen LogP contribution in [0.3, 0.4) is 0 Å². The van der Waals surface area contributed by atoms with Gasteiger partial charge in [0.05, 0.1) is 11.4 Å². The number of nitrogen functional groups attached to an aromatic ring is 1. The molecule has 0 saturated heterocycles. The first-order valence-electron chi connectivity index (χ1n) is 12.6. The van der Waals surface area contributed by atoms with Crippen LogP contribution in [0.5, 0.6) is 0 Å². The molecule has 0 bridgehead atoms. The number of nitrogens with two attached hydrogens (primary N) is 1. The van der Waals surface area contributed by atoms with Crippen LogP contribution in [0.25, 0.3) is 22.7 Å². The highest BCUT2D eigenvalue weighted by molar-refractivity contribution is 7.11. The summed E-state index contributed by atoms with van der Waals surface area (Å²) in [5.41, 5.74) is 7.98. The Morgan fingerprint density at radius 2 is 1.98 bits per heavy atom. The van der Waals surface area contributed by atoms with Crippen LogP contribution in [0, 0.1) is 18.8 Å². The summed E-state index contributed by atoms with van der Waals surface area (Å²) in [7, 11) is 0. The number of nitrogens with zero attached hydrogens (tertiary/aromatic N) is 5. The Bertz CT molecular complexity index is 1920. The van der Waals surface area contributed by atoms with Crippen LogP contribution in [-0.2, 0) is 0 Å². The molecule has 1 aliphatic heterocycles. The molecule has 6 rings (SSSR count). The van der Waals surface area contributed by atoms with E-state index in [4.69, 9.17) is 5.73 Å². The summed E-state index contributed by atoms with van der Waals surface area (Å²) >= 11 is 1.39. The van der Waals surface area contributed by atoms with Gasteiger partial charge in [0.25, 0.3) is 11.5 Å². The summed E-state index contributed by atoms with van der Waals surface area (Å²) < 4.78 is 3.16. The zero-order chi connectivity index (χ0) is 27.8. The average molecular weight is 549 g/mol. The van der Waals surface area contributed by atoms with Gasteiger partial charge in [-0.3, -0.25) is 14.2 Å². The Hall–Kier alpha value is -5.21. The number of hydrogen-bond donors (Lipinski definition) is 3. The quantitative estimate of drug-likeness (QED) is 0.292. The first kappa shape index (κ1) is 25.1. The normalized spacial score (nSPS) is 12.8. The molecule has 4 N–H and O–H groups in total. The molecular formula is C29H24N8O2S. The first-order valence-corrected chi connectivity index (χ1v) is 13.4. The number of hydrogen-bond acceptors (Lipinski definition) is 8. The lowest BCUT2D eigenvalue weighted by molar-refractivity contribution is 0.0940. The minimum atomic E-state index is -0.557. The minimum absolute atomic E-state index is 0.117. The molecule has 0 saturated carbocycles. The summed E-state index contributed by atoms with van der Waals surface area (Å²) in [6, 6.07) is 16.2. The number of carbonyl (C=O) groups is 1. The van der Waals surface area contributed by atoms with Crippen LogP contribution < -0.4 is 21.9 Å². The van der Waals surface area contributed by atoms with Crippen molar-refractivity contribution >= 4 is 45.9 Å². The van der Waals surface area contributed by atoms with Gasteiger partial charge < -0.3 is 16.4 Å². The van der Waals surface area contributed by atoms with Gasteiger partial charge in [-0.2, -0.15) is 0 Å². The van der Waals surface area contributed by atoms with E-state index in [1.54, 1.807) is 15.4 Å². The summed E-state index contributed by atoms with van der Waals surface area (Å²) in [6.07, 6.45) is 3.64. The number of amides is 1. The van der Waals surface area contributed by atoms with Crippen molar-refractivity contribution in [3.05, 3.63) is 97.9 Å². The number of aryl methyl sites for hydroxylation is 1. The molecule has 2 aromatic carbocycles. The fraction of sp³-hybridized carbons (Fsp3) is 0.138. The minimum Gasteiger partial charge on any atom is -0.381 e. The van der Waals surface area contributed by atoms with E-state index in [2.05, 4.69) is 37.8 Å². The SMILES string of the molecule is Cc1nnc(C#Cc2cccc3cc(C(C)NC(=O)c4c(N)nn5c4NCC=C5)n(-c4ccccc4)c(=O)c23)s1. The monoisotopic (exact) mass is 548 g/mol. The van der Waals surface area contributed by atoms with E-state index in [-0.39, 0.29) is 16.9 Å². The predicted molar refractivity (Wildman–Crippen MR) is 157 cm³/mol. The van der Waals surface area contributed by atoms with Crippen LogP contribution in [0.4, 0.5) is 11.6 Å². The molecule has 198 valence electrons. The topological polar surface area (TPSA) is 133 Å². The summed E-state index contributed by atoms with van der Waals surface area (Å²) in [4.78, 5) is 27.6. The van der Waals surface area contributed by atoms with Gasteiger partial charge in [0.2, 0.25) is 0 Å². The Balaban J connectivity index is 1.46. The molecule has 5 aromatic rings. The zero-order valence-electron chi connectivity index (χ0n) is 21.7. The van der Waals surface area contributed by atoms with Crippen LogP contribution in [0.2, 0.25) is 0 Å². The molecule has 1 atom stereocenters. The van der Waals surface area contributed by atoms with Gasteiger partial charge >= 0.3 is 0 Å². The number of benzene rings is 2. The van der Waals surface area contributed by atoms with Gasteiger partial charge in [-0.1, -0.05) is 47.6 Å². The van der Waals surface area contributed by atoms with Gasteiger partial charge in [0, 0.05) is 29.7 Å². The second-order valence-electron chi connectivity index (χ2n) is 9.21. The van der Waals surface area contributed by atoms with Gasteiger partial charge in [-0.05, 0) is 55.5 Å². The highest BCUT2D eigenvalue weighted by Crippen LogP contribution is 2.27. The average Bonchev–Trinajstić information content (AvgIpc) is 3.53. The number of aromatic nitrogens is 5. The van der Waals surface area contributed by atoms with E-state index in [1.165, 1.54) is 11.3 Å².